The minimum Gasteiger partial charge on any atom is -0.497 e. The van der Waals surface area contributed by atoms with E-state index in [-0.39, 0.29) is 17.9 Å². The summed E-state index contributed by atoms with van der Waals surface area (Å²) >= 11 is 0. The summed E-state index contributed by atoms with van der Waals surface area (Å²) in [6, 6.07) is 7.30. The van der Waals surface area contributed by atoms with Gasteiger partial charge in [0.05, 0.1) is 13.7 Å². The second kappa shape index (κ2) is 7.72. The van der Waals surface area contributed by atoms with Crippen LogP contribution in [0.2, 0.25) is 0 Å². The number of carbonyl (C=O) groups excluding carboxylic acids is 1. The lowest BCUT2D eigenvalue weighted by molar-refractivity contribution is -0.145. The van der Waals surface area contributed by atoms with Gasteiger partial charge in [0.15, 0.2) is 0 Å². The van der Waals surface area contributed by atoms with Crippen molar-refractivity contribution in [1.29, 1.82) is 0 Å². The van der Waals surface area contributed by atoms with Crippen LogP contribution < -0.4 is 10.1 Å². The van der Waals surface area contributed by atoms with E-state index in [1.54, 1.807) is 7.11 Å². The monoisotopic (exact) mass is 289 g/mol. The summed E-state index contributed by atoms with van der Waals surface area (Å²) in [6.07, 6.45) is 7.23. The van der Waals surface area contributed by atoms with Gasteiger partial charge >= 0.3 is 5.97 Å². The molecule has 21 heavy (non-hydrogen) atoms. The third-order valence-electron chi connectivity index (χ3n) is 3.71. The molecule has 1 aliphatic carbocycles. The van der Waals surface area contributed by atoms with Crippen molar-refractivity contribution < 1.29 is 14.3 Å². The Morgan fingerprint density at radius 3 is 2.95 bits per heavy atom. The van der Waals surface area contributed by atoms with Crippen molar-refractivity contribution in [2.45, 2.75) is 32.2 Å². The normalized spacial score (nSPS) is 18.9. The zero-order valence-corrected chi connectivity index (χ0v) is 12.7. The summed E-state index contributed by atoms with van der Waals surface area (Å²) < 4.78 is 10.5. The molecule has 2 unspecified atom stereocenters. The number of hydrogen-bond acceptors (Lipinski definition) is 4. The molecular formula is C17H23NO3. The van der Waals surface area contributed by atoms with Gasteiger partial charge in [-0.1, -0.05) is 18.2 Å². The average Bonchev–Trinajstić information content (AvgIpc) is 2.54. The number of nitrogens with one attached hydrogen (secondary N) is 1. The van der Waals surface area contributed by atoms with Crippen LogP contribution in [0.1, 0.15) is 26.2 Å². The lowest BCUT2D eigenvalue weighted by Crippen LogP contribution is -2.38. The highest BCUT2D eigenvalue weighted by molar-refractivity contribution is 5.80. The number of benzene rings is 1. The molecule has 1 aliphatic rings. The van der Waals surface area contributed by atoms with E-state index in [2.05, 4.69) is 17.5 Å². The van der Waals surface area contributed by atoms with Crippen molar-refractivity contribution in [3.63, 3.8) is 0 Å². The predicted molar refractivity (Wildman–Crippen MR) is 83.5 cm³/mol. The summed E-state index contributed by atoms with van der Waals surface area (Å²) in [6.45, 7) is 2.24. The second-order valence-electron chi connectivity index (χ2n) is 5.15. The predicted octanol–water partition coefficient (Wildman–Crippen LogP) is 3.40. The average molecular weight is 289 g/mol. The molecule has 114 valence electrons. The van der Waals surface area contributed by atoms with Gasteiger partial charge in [-0.3, -0.25) is 0 Å². The van der Waals surface area contributed by atoms with E-state index >= 15 is 0 Å². The fraction of sp³-hybridized carbons (Fsp3) is 0.471. The molecule has 4 heteroatoms. The van der Waals surface area contributed by atoms with Gasteiger partial charge in [0, 0.05) is 11.8 Å². The fourth-order valence-corrected chi connectivity index (χ4v) is 2.61. The highest BCUT2D eigenvalue weighted by Gasteiger charge is 2.29. The summed E-state index contributed by atoms with van der Waals surface area (Å²) in [5.74, 6) is 0.854. The molecule has 0 aliphatic heterocycles. The van der Waals surface area contributed by atoms with Gasteiger partial charge in [-0.25, -0.2) is 4.79 Å². The Morgan fingerprint density at radius 1 is 1.43 bits per heavy atom. The maximum Gasteiger partial charge on any atom is 0.328 e. The number of carbonyl (C=O) groups is 1. The van der Waals surface area contributed by atoms with Crippen molar-refractivity contribution in [3.05, 3.63) is 36.4 Å². The lowest BCUT2D eigenvalue weighted by Gasteiger charge is -2.28. The summed E-state index contributed by atoms with van der Waals surface area (Å²) in [7, 11) is 1.63. The highest BCUT2D eigenvalue weighted by Crippen LogP contribution is 2.26. The Bertz CT molecular complexity index is 499. The topological polar surface area (TPSA) is 47.6 Å². The molecule has 4 nitrogen and oxygen atoms in total. The molecule has 0 bridgehead atoms. The van der Waals surface area contributed by atoms with E-state index < -0.39 is 0 Å². The van der Waals surface area contributed by atoms with Gasteiger partial charge in [-0.2, -0.15) is 0 Å². The first kappa shape index (κ1) is 15.4. The molecule has 0 spiro atoms. The molecule has 1 aromatic rings. The molecule has 1 N–H and O–H groups in total. The fourth-order valence-electron chi connectivity index (χ4n) is 2.61. The van der Waals surface area contributed by atoms with Crippen LogP contribution >= 0.6 is 0 Å². The smallest absolute Gasteiger partial charge is 0.328 e. The van der Waals surface area contributed by atoms with Crippen LogP contribution in [0.5, 0.6) is 5.75 Å². The first-order chi connectivity index (χ1) is 10.2. The molecule has 2 atom stereocenters. The van der Waals surface area contributed by atoms with Crippen molar-refractivity contribution in [3.8, 4) is 5.75 Å². The van der Waals surface area contributed by atoms with Crippen LogP contribution in [0.3, 0.4) is 0 Å². The van der Waals surface area contributed by atoms with Crippen LogP contribution in [0.25, 0.3) is 0 Å². The summed E-state index contributed by atoms with van der Waals surface area (Å²) in [5, 5.41) is 3.32. The first-order valence-corrected chi connectivity index (χ1v) is 7.46. The number of allylic oxidation sites excluding steroid dienone is 2. The Hall–Kier alpha value is -1.97. The van der Waals surface area contributed by atoms with Gasteiger partial charge in [0.1, 0.15) is 11.8 Å². The number of methoxy groups -OCH3 is 1. The molecule has 1 aromatic carbocycles. The number of hydrogen-bond donors (Lipinski definition) is 1. The van der Waals surface area contributed by atoms with Crippen molar-refractivity contribution in [2.75, 3.05) is 19.0 Å². The zero-order chi connectivity index (χ0) is 15.1. The molecule has 0 saturated carbocycles. The molecule has 0 amide bonds. The van der Waals surface area contributed by atoms with Crippen LogP contribution in [-0.4, -0.2) is 25.7 Å². The molecule has 0 saturated heterocycles. The Morgan fingerprint density at radius 2 is 2.29 bits per heavy atom. The quantitative estimate of drug-likeness (QED) is 0.644. The van der Waals surface area contributed by atoms with E-state index in [0.717, 1.165) is 30.7 Å². The largest absolute Gasteiger partial charge is 0.497 e. The van der Waals surface area contributed by atoms with Crippen molar-refractivity contribution in [2.24, 2.45) is 5.92 Å². The van der Waals surface area contributed by atoms with E-state index in [9.17, 15) is 4.79 Å². The number of anilines is 1. The van der Waals surface area contributed by atoms with Crippen LogP contribution in [-0.2, 0) is 9.53 Å². The van der Waals surface area contributed by atoms with Gasteiger partial charge in [-0.05, 0) is 44.2 Å². The van der Waals surface area contributed by atoms with Gasteiger partial charge < -0.3 is 14.8 Å². The van der Waals surface area contributed by atoms with E-state index in [4.69, 9.17) is 9.47 Å². The van der Waals surface area contributed by atoms with Crippen molar-refractivity contribution in [1.82, 2.24) is 0 Å². The van der Waals surface area contributed by atoms with Gasteiger partial charge in [-0.15, -0.1) is 0 Å². The Labute approximate surface area is 126 Å². The number of esters is 1. The maximum absolute atomic E-state index is 12.3. The maximum atomic E-state index is 12.3. The van der Waals surface area contributed by atoms with Crippen LogP contribution in [0, 0.1) is 5.92 Å². The minimum atomic E-state index is -0.318. The van der Waals surface area contributed by atoms with Crippen LogP contribution in [0.4, 0.5) is 5.69 Å². The van der Waals surface area contributed by atoms with Crippen LogP contribution in [0.15, 0.2) is 36.4 Å². The third kappa shape index (κ3) is 4.25. The van der Waals surface area contributed by atoms with E-state index in [1.807, 2.05) is 31.2 Å². The SMILES string of the molecule is CCOC(=O)C(Nc1cccc(OC)c1)C1CC=CCC1. The van der Waals surface area contributed by atoms with Gasteiger partial charge in [0.2, 0.25) is 0 Å². The highest BCUT2D eigenvalue weighted by atomic mass is 16.5. The second-order valence-corrected chi connectivity index (χ2v) is 5.15. The molecular weight excluding hydrogens is 266 g/mol. The molecule has 0 aromatic heterocycles. The third-order valence-corrected chi connectivity index (χ3v) is 3.71. The lowest BCUT2D eigenvalue weighted by atomic mass is 9.87. The Balaban J connectivity index is 2.14. The first-order valence-electron chi connectivity index (χ1n) is 7.46. The van der Waals surface area contributed by atoms with Crippen molar-refractivity contribution >= 4 is 11.7 Å². The zero-order valence-electron chi connectivity index (χ0n) is 12.7. The number of ether oxygens (including phenoxy) is 2. The summed E-state index contributed by atoms with van der Waals surface area (Å²) in [4.78, 5) is 12.3. The Kier molecular flexibility index (Phi) is 5.67. The molecule has 0 heterocycles. The molecule has 0 radical (unpaired) electrons. The van der Waals surface area contributed by atoms with Gasteiger partial charge in [0.25, 0.3) is 0 Å². The standard InChI is InChI=1S/C17H23NO3/c1-3-21-17(19)16(13-8-5-4-6-9-13)18-14-10-7-11-15(12-14)20-2/h4-5,7,10-13,16,18H,3,6,8-9H2,1-2H3. The number of rotatable bonds is 6. The minimum absolute atomic E-state index is 0.180. The van der Waals surface area contributed by atoms with E-state index in [0.29, 0.717) is 6.61 Å². The summed E-state index contributed by atoms with van der Waals surface area (Å²) in [5.41, 5.74) is 0.877. The van der Waals surface area contributed by atoms with E-state index in [1.165, 1.54) is 0 Å². The molecule has 0 fully saturated rings. The molecule has 2 rings (SSSR count).